The van der Waals surface area contributed by atoms with E-state index in [2.05, 4.69) is 81.1 Å². The number of benzene rings is 2. The quantitative estimate of drug-likeness (QED) is 0.473. The largest absolute Gasteiger partial charge is 0.357 e. The van der Waals surface area contributed by atoms with Gasteiger partial charge in [-0.1, -0.05) is 48.0 Å². The van der Waals surface area contributed by atoms with E-state index in [9.17, 15) is 0 Å². The lowest BCUT2D eigenvalue weighted by Crippen LogP contribution is -2.36. The third-order valence-corrected chi connectivity index (χ3v) is 3.96. The number of hydrogen-bond donors (Lipinski definition) is 3. The second-order valence-corrected chi connectivity index (χ2v) is 6.07. The van der Waals surface area contributed by atoms with Crippen molar-refractivity contribution in [2.45, 2.75) is 26.9 Å². The molecule has 0 aliphatic heterocycles. The first-order valence-corrected chi connectivity index (χ1v) is 8.77. The second-order valence-electron chi connectivity index (χ2n) is 6.07. The summed E-state index contributed by atoms with van der Waals surface area (Å²) in [5.41, 5.74) is 4.62. The minimum atomic E-state index is 0.589. The van der Waals surface area contributed by atoms with Crippen molar-refractivity contribution in [3.63, 3.8) is 0 Å². The van der Waals surface area contributed by atoms with E-state index >= 15 is 0 Å². The molecule has 3 aromatic rings. The van der Waals surface area contributed by atoms with Crippen LogP contribution in [0.15, 0.2) is 59.9 Å². The zero-order valence-electron chi connectivity index (χ0n) is 15.2. The molecule has 0 amide bonds. The van der Waals surface area contributed by atoms with Crippen LogP contribution in [0, 0.1) is 6.92 Å². The minimum absolute atomic E-state index is 0.589. The van der Waals surface area contributed by atoms with E-state index in [0.29, 0.717) is 6.54 Å². The molecule has 0 radical (unpaired) electrons. The normalized spacial score (nSPS) is 11.4. The molecule has 0 aliphatic rings. The monoisotopic (exact) mass is 348 g/mol. The molecule has 1 aromatic heterocycles. The third-order valence-electron chi connectivity index (χ3n) is 3.96. The summed E-state index contributed by atoms with van der Waals surface area (Å²) in [6, 6.07) is 16.7. The van der Waals surface area contributed by atoms with Crippen molar-refractivity contribution in [1.82, 2.24) is 25.8 Å². The van der Waals surface area contributed by atoms with Gasteiger partial charge in [0.1, 0.15) is 6.33 Å². The van der Waals surface area contributed by atoms with Gasteiger partial charge in [0.05, 0.1) is 6.54 Å². The first kappa shape index (κ1) is 17.7. The molecule has 0 spiro atoms. The highest BCUT2D eigenvalue weighted by Crippen LogP contribution is 2.15. The van der Waals surface area contributed by atoms with E-state index in [-0.39, 0.29) is 0 Å². The Morgan fingerprint density at radius 2 is 1.92 bits per heavy atom. The van der Waals surface area contributed by atoms with Gasteiger partial charge in [-0.25, -0.2) is 9.98 Å². The standard InChI is InChI=1S/C20H24N6/c1-3-21-20(22-12-16-9-7-15(2)8-10-16)23-13-17-5-4-6-18(11-17)19-24-14-25-26-19/h4-11,14H,3,12-13H2,1-2H3,(H2,21,22,23)(H,24,25,26). The molecular formula is C20H24N6. The maximum absolute atomic E-state index is 4.69. The summed E-state index contributed by atoms with van der Waals surface area (Å²) in [6.07, 6.45) is 1.51. The molecule has 6 nitrogen and oxygen atoms in total. The number of rotatable bonds is 6. The van der Waals surface area contributed by atoms with Gasteiger partial charge in [0.2, 0.25) is 0 Å². The van der Waals surface area contributed by atoms with Crippen molar-refractivity contribution in [2.24, 2.45) is 4.99 Å². The van der Waals surface area contributed by atoms with Crippen molar-refractivity contribution < 1.29 is 0 Å². The van der Waals surface area contributed by atoms with Crippen molar-refractivity contribution in [3.8, 4) is 11.4 Å². The number of H-pyrrole nitrogens is 1. The summed E-state index contributed by atoms with van der Waals surface area (Å²) >= 11 is 0. The van der Waals surface area contributed by atoms with E-state index in [1.807, 2.05) is 12.1 Å². The van der Waals surface area contributed by atoms with Crippen molar-refractivity contribution in [3.05, 3.63) is 71.5 Å². The van der Waals surface area contributed by atoms with Crippen LogP contribution in [-0.4, -0.2) is 27.7 Å². The Morgan fingerprint density at radius 3 is 2.65 bits per heavy atom. The van der Waals surface area contributed by atoms with E-state index in [4.69, 9.17) is 0 Å². The molecule has 0 saturated heterocycles. The summed E-state index contributed by atoms with van der Waals surface area (Å²) < 4.78 is 0. The molecule has 2 aromatic carbocycles. The Hall–Kier alpha value is -3.15. The molecule has 0 atom stereocenters. The Bertz CT molecular complexity index is 837. The SMILES string of the molecule is CCNC(=NCc1cccc(-c2ncn[nH]2)c1)NCc1ccc(C)cc1. The first-order valence-electron chi connectivity index (χ1n) is 8.77. The molecule has 0 bridgehead atoms. The van der Waals surface area contributed by atoms with Gasteiger partial charge < -0.3 is 10.6 Å². The molecule has 0 fully saturated rings. The Morgan fingerprint density at radius 1 is 1.08 bits per heavy atom. The minimum Gasteiger partial charge on any atom is -0.357 e. The van der Waals surface area contributed by atoms with Crippen LogP contribution >= 0.6 is 0 Å². The van der Waals surface area contributed by atoms with Crippen LogP contribution in [0.5, 0.6) is 0 Å². The molecule has 0 aliphatic carbocycles. The van der Waals surface area contributed by atoms with Gasteiger partial charge in [-0.3, -0.25) is 5.10 Å². The maximum Gasteiger partial charge on any atom is 0.191 e. The van der Waals surface area contributed by atoms with Gasteiger partial charge in [0.15, 0.2) is 11.8 Å². The highest BCUT2D eigenvalue weighted by molar-refractivity contribution is 5.79. The smallest absolute Gasteiger partial charge is 0.191 e. The molecular weight excluding hydrogens is 324 g/mol. The summed E-state index contributed by atoms with van der Waals surface area (Å²) in [7, 11) is 0. The predicted molar refractivity (Wildman–Crippen MR) is 105 cm³/mol. The zero-order chi connectivity index (χ0) is 18.2. The van der Waals surface area contributed by atoms with Gasteiger partial charge in [0.25, 0.3) is 0 Å². The number of aryl methyl sites for hydroxylation is 1. The fourth-order valence-corrected chi connectivity index (χ4v) is 2.57. The molecule has 6 heteroatoms. The van der Waals surface area contributed by atoms with Crippen molar-refractivity contribution >= 4 is 5.96 Å². The van der Waals surface area contributed by atoms with E-state index in [1.165, 1.54) is 17.5 Å². The molecule has 134 valence electrons. The Kier molecular flexibility index (Phi) is 5.98. The number of nitrogens with one attached hydrogen (secondary N) is 3. The van der Waals surface area contributed by atoms with E-state index in [1.54, 1.807) is 0 Å². The average Bonchev–Trinajstić information content (AvgIpc) is 3.20. The third kappa shape index (κ3) is 4.92. The van der Waals surface area contributed by atoms with Gasteiger partial charge in [-0.15, -0.1) is 0 Å². The number of aromatic nitrogens is 3. The summed E-state index contributed by atoms with van der Waals surface area (Å²) in [6.45, 7) is 6.30. The van der Waals surface area contributed by atoms with Crippen LogP contribution in [-0.2, 0) is 13.1 Å². The second kappa shape index (κ2) is 8.80. The molecule has 3 N–H and O–H groups in total. The first-order chi connectivity index (χ1) is 12.7. The number of hydrogen-bond acceptors (Lipinski definition) is 3. The fraction of sp³-hybridized carbons (Fsp3) is 0.250. The lowest BCUT2D eigenvalue weighted by atomic mass is 10.1. The molecule has 3 rings (SSSR count). The van der Waals surface area contributed by atoms with Gasteiger partial charge >= 0.3 is 0 Å². The lowest BCUT2D eigenvalue weighted by molar-refractivity contribution is 0.816. The number of guanidine groups is 1. The topological polar surface area (TPSA) is 78.0 Å². The Labute approximate surface area is 153 Å². The molecule has 0 saturated carbocycles. The summed E-state index contributed by atoms with van der Waals surface area (Å²) in [4.78, 5) is 8.88. The van der Waals surface area contributed by atoms with Crippen LogP contribution in [0.1, 0.15) is 23.6 Å². The highest BCUT2D eigenvalue weighted by Gasteiger charge is 2.03. The Balaban J connectivity index is 1.65. The maximum atomic E-state index is 4.69. The van der Waals surface area contributed by atoms with Crippen LogP contribution in [0.25, 0.3) is 11.4 Å². The predicted octanol–water partition coefficient (Wildman–Crippen LogP) is 3.04. The molecule has 1 heterocycles. The van der Waals surface area contributed by atoms with Gasteiger partial charge in [-0.2, -0.15) is 5.10 Å². The molecule has 26 heavy (non-hydrogen) atoms. The number of aromatic amines is 1. The van der Waals surface area contributed by atoms with Crippen LogP contribution in [0.4, 0.5) is 0 Å². The summed E-state index contributed by atoms with van der Waals surface area (Å²) in [5, 5.41) is 13.5. The van der Waals surface area contributed by atoms with Crippen molar-refractivity contribution in [1.29, 1.82) is 0 Å². The zero-order valence-corrected chi connectivity index (χ0v) is 15.2. The van der Waals surface area contributed by atoms with E-state index < -0.39 is 0 Å². The average molecular weight is 348 g/mol. The van der Waals surface area contributed by atoms with Gasteiger partial charge in [0, 0.05) is 18.7 Å². The highest BCUT2D eigenvalue weighted by atomic mass is 15.2. The van der Waals surface area contributed by atoms with Crippen molar-refractivity contribution in [2.75, 3.05) is 6.54 Å². The molecule has 0 unspecified atom stereocenters. The van der Waals surface area contributed by atoms with Crippen LogP contribution in [0.3, 0.4) is 0 Å². The number of aliphatic imine (C=N–C) groups is 1. The summed E-state index contributed by atoms with van der Waals surface area (Å²) in [5.74, 6) is 1.57. The number of nitrogens with zero attached hydrogens (tertiary/aromatic N) is 3. The van der Waals surface area contributed by atoms with Gasteiger partial charge in [-0.05, 0) is 31.0 Å². The lowest BCUT2D eigenvalue weighted by Gasteiger charge is -2.11. The van der Waals surface area contributed by atoms with Crippen LogP contribution < -0.4 is 10.6 Å². The van der Waals surface area contributed by atoms with E-state index in [0.717, 1.165) is 36.0 Å². The van der Waals surface area contributed by atoms with Crippen LogP contribution in [0.2, 0.25) is 0 Å². The fourth-order valence-electron chi connectivity index (χ4n) is 2.57.